The largest absolute Gasteiger partial charge is 0.569 e. The van der Waals surface area contributed by atoms with Gasteiger partial charge in [0.1, 0.15) is 28.4 Å². The average Bonchev–Trinajstić information content (AvgIpc) is 2.87. The van der Waals surface area contributed by atoms with Crippen molar-refractivity contribution in [2.75, 3.05) is 0 Å². The Hall–Kier alpha value is -4.09. The first-order valence-electron chi connectivity index (χ1n) is 10.7. The molecule has 195 valence electrons. The molecule has 1 N–H and O–H groups in total. The first-order valence-corrected chi connectivity index (χ1v) is 11.0. The van der Waals surface area contributed by atoms with E-state index in [0.717, 1.165) is 24.3 Å². The Labute approximate surface area is 221 Å². The van der Waals surface area contributed by atoms with E-state index in [4.69, 9.17) is 16.6 Å². The Kier molecular flexibility index (Phi) is 11.6. The number of ketones is 2. The highest BCUT2D eigenvalue weighted by Crippen LogP contribution is 2.25. The second kappa shape index (κ2) is 14.6. The Morgan fingerprint density at radius 3 is 1.87 bits per heavy atom. The summed E-state index contributed by atoms with van der Waals surface area (Å²) in [4.78, 5) is 29.8. The number of rotatable bonds is 5. The predicted octanol–water partition coefficient (Wildman–Crippen LogP) is 6.04. The third kappa shape index (κ3) is 8.79. The molecule has 2 aromatic heterocycles. The zero-order valence-corrected chi connectivity index (χ0v) is 20.7. The third-order valence-electron chi connectivity index (χ3n) is 4.59. The summed E-state index contributed by atoms with van der Waals surface area (Å²) in [6, 6.07) is 12.5. The molecule has 12 heteroatoms. The van der Waals surface area contributed by atoms with Crippen molar-refractivity contribution in [1.82, 2.24) is 9.97 Å². The first-order chi connectivity index (χ1) is 18.0. The smallest absolute Gasteiger partial charge is 0.535 e. The van der Waals surface area contributed by atoms with E-state index in [9.17, 15) is 27.2 Å². The summed E-state index contributed by atoms with van der Waals surface area (Å²) < 4.78 is 55.4. The zero-order chi connectivity index (χ0) is 28.2. The quantitative estimate of drug-likeness (QED) is 0.142. The third-order valence-corrected chi connectivity index (χ3v) is 4.89. The fraction of sp³-hybridized carbons (Fsp3) is 0.0769. The van der Waals surface area contributed by atoms with E-state index in [-0.39, 0.29) is 33.7 Å². The van der Waals surface area contributed by atoms with Crippen LogP contribution in [-0.2, 0) is 0 Å². The van der Waals surface area contributed by atoms with Crippen molar-refractivity contribution < 1.29 is 36.8 Å². The highest BCUT2D eigenvalue weighted by molar-refractivity contribution is 6.32. The fourth-order valence-corrected chi connectivity index (χ4v) is 3.11. The molecule has 0 fully saturated rings. The van der Waals surface area contributed by atoms with Gasteiger partial charge < -0.3 is 9.68 Å². The number of carbonyl (C=O) groups excluding carboxylic acids is 2. The van der Waals surface area contributed by atoms with Crippen LogP contribution in [0.3, 0.4) is 0 Å². The highest BCUT2D eigenvalue weighted by atomic mass is 35.5. The van der Waals surface area contributed by atoms with Gasteiger partial charge in [0.2, 0.25) is 0 Å². The molecule has 2 aromatic carbocycles. The minimum Gasteiger partial charge on any atom is -0.535 e. The van der Waals surface area contributed by atoms with E-state index in [1.165, 1.54) is 26.1 Å². The average molecular weight is 546 g/mol. The van der Waals surface area contributed by atoms with Crippen LogP contribution in [0.1, 0.15) is 34.6 Å². The lowest BCUT2D eigenvalue weighted by molar-refractivity contribution is 0.100. The van der Waals surface area contributed by atoms with Crippen molar-refractivity contribution in [3.05, 3.63) is 113 Å². The van der Waals surface area contributed by atoms with Crippen LogP contribution in [0.2, 0.25) is 5.15 Å². The lowest BCUT2D eigenvalue weighted by Gasteiger charge is -2.06. The van der Waals surface area contributed by atoms with Gasteiger partial charge in [0.15, 0.2) is 17.4 Å². The number of aromatic nitrogens is 2. The number of hydrogen-bond donors (Lipinski definition) is 1. The van der Waals surface area contributed by atoms with E-state index in [0.29, 0.717) is 24.9 Å². The first kappa shape index (κ1) is 30.1. The highest BCUT2D eigenvalue weighted by Gasteiger charge is 2.14. The number of carbonyl (C=O) groups is 2. The molecule has 0 saturated heterocycles. The molecule has 4 aromatic rings. The van der Waals surface area contributed by atoms with Gasteiger partial charge in [0, 0.05) is 35.7 Å². The number of halogens is 5. The number of pyridine rings is 2. The van der Waals surface area contributed by atoms with E-state index in [1.54, 1.807) is 30.5 Å². The topological polar surface area (TPSA) is 89.4 Å². The van der Waals surface area contributed by atoms with Crippen molar-refractivity contribution in [3.63, 3.8) is 0 Å². The SMILES string of the molecule is CC(=O)c1cccnc1-c1ccc(F)cc1F.CC(=O)c1cccnc1Cl.O[B]Oc1ccc(F)cc1F. The van der Waals surface area contributed by atoms with Crippen LogP contribution in [0, 0.1) is 23.3 Å². The maximum Gasteiger partial charge on any atom is 0.569 e. The molecule has 0 aliphatic carbocycles. The van der Waals surface area contributed by atoms with Crippen molar-refractivity contribution in [2.45, 2.75) is 13.8 Å². The standard InChI is InChI=1S/C13H9F2NO.C7H6ClNO.C6H4BF2O2/c1-8(17)10-3-2-6-16-13(10)11-5-4-9(14)7-12(11)15;1-5(10)6-3-2-4-9-7(6)8;8-4-1-2-6(11-7-10)5(9)3-4/h2-7H,1H3;2-4H,1H3;1-3,10H. The molecule has 0 spiro atoms. The lowest BCUT2D eigenvalue weighted by Crippen LogP contribution is -2.01. The van der Waals surface area contributed by atoms with Crippen LogP contribution >= 0.6 is 11.6 Å². The molecule has 0 unspecified atom stereocenters. The van der Waals surface area contributed by atoms with E-state index < -0.39 is 23.3 Å². The van der Waals surface area contributed by atoms with Gasteiger partial charge in [-0.05, 0) is 62.4 Å². The van der Waals surface area contributed by atoms with Gasteiger partial charge in [0.25, 0.3) is 0 Å². The normalized spacial score (nSPS) is 9.79. The van der Waals surface area contributed by atoms with E-state index >= 15 is 0 Å². The Balaban J connectivity index is 0.000000211. The molecule has 38 heavy (non-hydrogen) atoms. The van der Waals surface area contributed by atoms with Crippen LogP contribution in [0.4, 0.5) is 17.6 Å². The Bertz CT molecular complexity index is 1430. The maximum absolute atomic E-state index is 13.6. The summed E-state index contributed by atoms with van der Waals surface area (Å²) in [6.07, 6.45) is 3.01. The molecule has 0 saturated carbocycles. The van der Waals surface area contributed by atoms with Gasteiger partial charge in [-0.1, -0.05) is 11.6 Å². The molecule has 0 atom stereocenters. The summed E-state index contributed by atoms with van der Waals surface area (Å²) in [5.74, 6) is -3.41. The minimum absolute atomic E-state index is 0.0573. The van der Waals surface area contributed by atoms with Gasteiger partial charge >= 0.3 is 7.69 Å². The number of Topliss-reactive ketones (excluding diaryl/α,β-unsaturated/α-hetero) is 2. The van der Waals surface area contributed by atoms with Crippen LogP contribution in [0.15, 0.2) is 73.1 Å². The molecule has 0 aliphatic rings. The van der Waals surface area contributed by atoms with Crippen LogP contribution in [0.5, 0.6) is 5.75 Å². The predicted molar refractivity (Wildman–Crippen MR) is 134 cm³/mol. The van der Waals surface area contributed by atoms with Gasteiger partial charge in [0.05, 0.1) is 11.3 Å². The number of benzene rings is 2. The molecular formula is C26H19BClF4N2O4. The second-order valence-corrected chi connectivity index (χ2v) is 7.63. The zero-order valence-electron chi connectivity index (χ0n) is 20.0. The van der Waals surface area contributed by atoms with E-state index in [1.807, 2.05) is 0 Å². The monoisotopic (exact) mass is 545 g/mol. The van der Waals surface area contributed by atoms with Crippen LogP contribution < -0.4 is 4.65 Å². The minimum atomic E-state index is -0.852. The summed E-state index contributed by atoms with van der Waals surface area (Å²) in [7, 11) is 0.330. The fourth-order valence-electron chi connectivity index (χ4n) is 2.86. The molecule has 0 aliphatic heterocycles. The molecule has 1 radical (unpaired) electrons. The summed E-state index contributed by atoms with van der Waals surface area (Å²) >= 11 is 5.59. The summed E-state index contributed by atoms with van der Waals surface area (Å²) in [6.45, 7) is 2.84. The molecular weight excluding hydrogens is 527 g/mol. The Morgan fingerprint density at radius 2 is 1.37 bits per heavy atom. The van der Waals surface area contributed by atoms with Crippen molar-refractivity contribution >= 4 is 30.9 Å². The van der Waals surface area contributed by atoms with Gasteiger partial charge in [-0.25, -0.2) is 22.5 Å². The summed E-state index contributed by atoms with van der Waals surface area (Å²) in [5.41, 5.74) is 1.15. The van der Waals surface area contributed by atoms with Crippen molar-refractivity contribution in [2.24, 2.45) is 0 Å². The van der Waals surface area contributed by atoms with Crippen LogP contribution in [0.25, 0.3) is 11.3 Å². The summed E-state index contributed by atoms with van der Waals surface area (Å²) in [5, 5.41) is 8.38. The molecule has 6 nitrogen and oxygen atoms in total. The number of nitrogens with zero attached hydrogens (tertiary/aromatic N) is 2. The Morgan fingerprint density at radius 1 is 0.816 bits per heavy atom. The van der Waals surface area contributed by atoms with Gasteiger partial charge in [-0.15, -0.1) is 0 Å². The molecule has 2 heterocycles. The number of hydrogen-bond acceptors (Lipinski definition) is 6. The van der Waals surface area contributed by atoms with E-state index in [2.05, 4.69) is 14.6 Å². The van der Waals surface area contributed by atoms with Crippen molar-refractivity contribution in [3.8, 4) is 17.0 Å². The van der Waals surface area contributed by atoms with Crippen LogP contribution in [-0.4, -0.2) is 34.2 Å². The second-order valence-electron chi connectivity index (χ2n) is 7.28. The van der Waals surface area contributed by atoms with Crippen molar-refractivity contribution in [1.29, 1.82) is 0 Å². The lowest BCUT2D eigenvalue weighted by atomic mass is 10.0. The molecule has 0 bridgehead atoms. The molecule has 4 rings (SSSR count). The van der Waals surface area contributed by atoms with Gasteiger partial charge in [-0.3, -0.25) is 14.6 Å². The van der Waals surface area contributed by atoms with Gasteiger partial charge in [-0.2, -0.15) is 0 Å². The maximum atomic E-state index is 13.6. The molecule has 0 amide bonds.